The highest BCUT2D eigenvalue weighted by Crippen LogP contribution is 2.29. The summed E-state index contributed by atoms with van der Waals surface area (Å²) < 4.78 is 7.01. The van der Waals surface area contributed by atoms with Crippen LogP contribution in [0.25, 0.3) is 10.2 Å². The average Bonchev–Trinajstić information content (AvgIpc) is 2.96. The number of nitrogens with two attached hydrogens (primary N) is 1. The molecule has 3 rings (SSSR count). The van der Waals surface area contributed by atoms with Crippen molar-refractivity contribution in [3.8, 4) is 0 Å². The Morgan fingerprint density at radius 2 is 2.00 bits per heavy atom. The molecule has 0 spiro atoms. The van der Waals surface area contributed by atoms with E-state index in [-0.39, 0.29) is 12.6 Å². The molecule has 0 unspecified atom stereocenters. The number of esters is 1. The Hall–Kier alpha value is -1.89. The number of carbonyl (C=O) groups is 1. The summed E-state index contributed by atoms with van der Waals surface area (Å²) in [7, 11) is 0. The Labute approximate surface area is 130 Å². The third-order valence-corrected chi connectivity index (χ3v) is 4.58. The molecule has 0 radical (unpaired) electrons. The second-order valence-electron chi connectivity index (χ2n) is 4.31. The lowest BCUT2D eigenvalue weighted by atomic mass is 10.2. The summed E-state index contributed by atoms with van der Waals surface area (Å²) in [6, 6.07) is 15.0. The van der Waals surface area contributed by atoms with Gasteiger partial charge >= 0.3 is 5.97 Å². The summed E-state index contributed by atoms with van der Waals surface area (Å²) in [5.41, 5.74) is 2.07. The lowest BCUT2D eigenvalue weighted by molar-refractivity contribution is 0.0475. The number of carbonyl (C=O) groups excluding carboxylic acids is 1. The third kappa shape index (κ3) is 3.07. The van der Waals surface area contributed by atoms with Gasteiger partial charge in [0.2, 0.25) is 0 Å². The fourth-order valence-corrected chi connectivity index (χ4v) is 3.27. The van der Waals surface area contributed by atoms with Crippen LogP contribution in [0.1, 0.15) is 15.9 Å². The van der Waals surface area contributed by atoms with Crippen molar-refractivity contribution in [2.24, 2.45) is 5.14 Å². The fourth-order valence-electron chi connectivity index (χ4n) is 1.94. The predicted octanol–water partition coefficient (Wildman–Crippen LogP) is 3.62. The predicted molar refractivity (Wildman–Crippen MR) is 85.2 cm³/mol. The van der Waals surface area contributed by atoms with E-state index < -0.39 is 0 Å². The van der Waals surface area contributed by atoms with E-state index in [0.717, 1.165) is 26.6 Å². The van der Waals surface area contributed by atoms with Gasteiger partial charge in [-0.15, -0.1) is 11.3 Å². The molecule has 3 aromatic rings. The van der Waals surface area contributed by atoms with Crippen molar-refractivity contribution in [1.29, 1.82) is 0 Å². The van der Waals surface area contributed by atoms with Gasteiger partial charge in [-0.2, -0.15) is 0 Å². The highest BCUT2D eigenvalue weighted by Gasteiger charge is 2.15. The Kier molecular flexibility index (Phi) is 4.19. The molecule has 4 nitrogen and oxygen atoms in total. The molecule has 0 aliphatic carbocycles. The topological polar surface area (TPSA) is 65.2 Å². The molecule has 2 aromatic carbocycles. The fraction of sp³-hybridized carbons (Fsp3) is 0.0667. The van der Waals surface area contributed by atoms with Crippen molar-refractivity contribution in [2.45, 2.75) is 10.9 Å². The van der Waals surface area contributed by atoms with Gasteiger partial charge in [-0.05, 0) is 29.6 Å². The lowest BCUT2D eigenvalue weighted by Gasteiger charge is -2.05. The SMILES string of the molecule is NSc1nc2c(C(=O)OCc3ccccc3)cccc2s1. The van der Waals surface area contributed by atoms with Crippen molar-refractivity contribution in [3.05, 3.63) is 59.7 Å². The van der Waals surface area contributed by atoms with Gasteiger partial charge in [-0.1, -0.05) is 36.4 Å². The second kappa shape index (κ2) is 6.26. The van der Waals surface area contributed by atoms with Gasteiger partial charge in [0.25, 0.3) is 0 Å². The van der Waals surface area contributed by atoms with Crippen LogP contribution in [0.5, 0.6) is 0 Å². The van der Waals surface area contributed by atoms with Crippen molar-refractivity contribution < 1.29 is 9.53 Å². The van der Waals surface area contributed by atoms with Gasteiger partial charge in [-0.25, -0.2) is 9.78 Å². The number of aromatic nitrogens is 1. The zero-order chi connectivity index (χ0) is 14.7. The van der Waals surface area contributed by atoms with Crippen molar-refractivity contribution >= 4 is 39.5 Å². The molecule has 0 bridgehead atoms. The maximum Gasteiger partial charge on any atom is 0.340 e. The summed E-state index contributed by atoms with van der Waals surface area (Å²) in [4.78, 5) is 16.6. The second-order valence-corrected chi connectivity index (χ2v) is 6.22. The van der Waals surface area contributed by atoms with Crippen molar-refractivity contribution in [3.63, 3.8) is 0 Å². The largest absolute Gasteiger partial charge is 0.457 e. The molecular weight excluding hydrogens is 304 g/mol. The summed E-state index contributed by atoms with van der Waals surface area (Å²) in [6.07, 6.45) is 0. The van der Waals surface area contributed by atoms with E-state index in [1.807, 2.05) is 42.5 Å². The van der Waals surface area contributed by atoms with E-state index in [1.54, 1.807) is 6.07 Å². The maximum absolute atomic E-state index is 12.2. The quantitative estimate of drug-likeness (QED) is 0.588. The first-order valence-electron chi connectivity index (χ1n) is 6.25. The molecule has 0 fully saturated rings. The maximum atomic E-state index is 12.2. The minimum atomic E-state index is -0.372. The zero-order valence-electron chi connectivity index (χ0n) is 11.0. The molecule has 0 amide bonds. The molecule has 0 saturated carbocycles. The van der Waals surface area contributed by atoms with E-state index in [2.05, 4.69) is 4.98 Å². The standard InChI is InChI=1S/C15H12N2O2S2/c16-21-15-17-13-11(7-4-8-12(13)20-15)14(18)19-9-10-5-2-1-3-6-10/h1-8H,9,16H2. The van der Waals surface area contributed by atoms with Crippen molar-refractivity contribution in [1.82, 2.24) is 4.98 Å². The van der Waals surface area contributed by atoms with Crippen LogP contribution in [-0.2, 0) is 11.3 Å². The Morgan fingerprint density at radius 1 is 1.19 bits per heavy atom. The minimum Gasteiger partial charge on any atom is -0.457 e. The number of para-hydroxylation sites is 1. The number of ether oxygens (including phenoxy) is 1. The van der Waals surface area contributed by atoms with Gasteiger partial charge in [0, 0.05) is 0 Å². The molecule has 0 atom stereocenters. The van der Waals surface area contributed by atoms with Crippen LogP contribution in [0, 0.1) is 0 Å². The van der Waals surface area contributed by atoms with Crippen LogP contribution in [0.2, 0.25) is 0 Å². The third-order valence-electron chi connectivity index (χ3n) is 2.93. The molecule has 0 aliphatic heterocycles. The normalized spacial score (nSPS) is 10.7. The summed E-state index contributed by atoms with van der Waals surface area (Å²) >= 11 is 2.54. The van der Waals surface area contributed by atoms with E-state index in [0.29, 0.717) is 11.1 Å². The highest BCUT2D eigenvalue weighted by molar-refractivity contribution is 7.99. The van der Waals surface area contributed by atoms with Gasteiger partial charge in [0.15, 0.2) is 4.34 Å². The van der Waals surface area contributed by atoms with E-state index in [9.17, 15) is 4.79 Å². The van der Waals surface area contributed by atoms with Crippen LogP contribution in [0.4, 0.5) is 0 Å². The summed E-state index contributed by atoms with van der Waals surface area (Å²) in [6.45, 7) is 0.249. The zero-order valence-corrected chi connectivity index (χ0v) is 12.6. The molecule has 1 aromatic heterocycles. The molecular formula is C15H12N2O2S2. The van der Waals surface area contributed by atoms with Gasteiger partial charge in [0.05, 0.1) is 15.8 Å². The van der Waals surface area contributed by atoms with Crippen LogP contribution in [-0.4, -0.2) is 11.0 Å². The number of rotatable bonds is 4. The molecule has 2 N–H and O–H groups in total. The van der Waals surface area contributed by atoms with E-state index >= 15 is 0 Å². The van der Waals surface area contributed by atoms with Gasteiger partial charge in [0.1, 0.15) is 6.61 Å². The van der Waals surface area contributed by atoms with Gasteiger partial charge < -0.3 is 4.74 Å². The minimum absolute atomic E-state index is 0.249. The molecule has 106 valence electrons. The Bertz CT molecular complexity index is 772. The van der Waals surface area contributed by atoms with Crippen molar-refractivity contribution in [2.75, 3.05) is 0 Å². The Balaban J connectivity index is 1.82. The first-order chi connectivity index (χ1) is 10.3. The number of fused-ring (bicyclic) bond motifs is 1. The number of nitrogens with zero attached hydrogens (tertiary/aromatic N) is 1. The first-order valence-corrected chi connectivity index (χ1v) is 7.95. The summed E-state index contributed by atoms with van der Waals surface area (Å²) in [5, 5.41) is 5.52. The Morgan fingerprint density at radius 3 is 2.76 bits per heavy atom. The average molecular weight is 316 g/mol. The molecule has 21 heavy (non-hydrogen) atoms. The van der Waals surface area contributed by atoms with Crippen LogP contribution in [0.15, 0.2) is 52.9 Å². The highest BCUT2D eigenvalue weighted by atomic mass is 32.2. The molecule has 0 saturated heterocycles. The van der Waals surface area contributed by atoms with Gasteiger partial charge in [-0.3, -0.25) is 5.14 Å². The number of hydrogen-bond donors (Lipinski definition) is 1. The van der Waals surface area contributed by atoms with Crippen LogP contribution in [0.3, 0.4) is 0 Å². The summed E-state index contributed by atoms with van der Waals surface area (Å²) in [5.74, 6) is -0.372. The number of hydrogen-bond acceptors (Lipinski definition) is 6. The number of thiazole rings is 1. The monoisotopic (exact) mass is 316 g/mol. The first kappa shape index (κ1) is 14.1. The number of benzene rings is 2. The molecule has 0 aliphatic rings. The van der Waals surface area contributed by atoms with Crippen LogP contribution >= 0.6 is 23.3 Å². The smallest absolute Gasteiger partial charge is 0.340 e. The van der Waals surface area contributed by atoms with E-state index in [1.165, 1.54) is 11.3 Å². The molecule has 6 heteroatoms. The van der Waals surface area contributed by atoms with Crippen LogP contribution < -0.4 is 5.14 Å². The molecule has 1 heterocycles. The van der Waals surface area contributed by atoms with E-state index in [4.69, 9.17) is 9.88 Å². The lowest BCUT2D eigenvalue weighted by Crippen LogP contribution is -2.05.